The number of nitrogens with one attached hydrogen (secondary N) is 1. The molecule has 0 saturated carbocycles. The van der Waals surface area contributed by atoms with E-state index >= 15 is 0 Å². The summed E-state index contributed by atoms with van der Waals surface area (Å²) in [7, 11) is -3.48. The van der Waals surface area contributed by atoms with Crippen molar-refractivity contribution in [1.82, 2.24) is 0 Å². The molecule has 0 radical (unpaired) electrons. The predicted molar refractivity (Wildman–Crippen MR) is 80.9 cm³/mol. The summed E-state index contributed by atoms with van der Waals surface area (Å²) < 4.78 is 21.6. The Morgan fingerprint density at radius 1 is 1.45 bits per heavy atom. The van der Waals surface area contributed by atoms with Crippen LogP contribution in [0, 0.1) is 0 Å². The van der Waals surface area contributed by atoms with Crippen LogP contribution in [0.5, 0.6) is 0 Å². The van der Waals surface area contributed by atoms with Gasteiger partial charge >= 0.3 is 5.97 Å². The number of thioether (sulfide) groups is 1. The fraction of sp³-hybridized carbons (Fsp3) is 0.417. The van der Waals surface area contributed by atoms with Crippen LogP contribution in [0.1, 0.15) is 23.7 Å². The maximum absolute atomic E-state index is 11.3. The van der Waals surface area contributed by atoms with Crippen LogP contribution in [0.2, 0.25) is 0 Å². The second kappa shape index (κ2) is 7.51. The van der Waals surface area contributed by atoms with Gasteiger partial charge in [0.25, 0.3) is 0 Å². The van der Waals surface area contributed by atoms with Gasteiger partial charge in [0.05, 0.1) is 11.3 Å². The molecule has 0 amide bonds. The number of carboxylic acid groups (broad SMARTS) is 1. The van der Waals surface area contributed by atoms with E-state index in [4.69, 9.17) is 5.14 Å². The number of hydrogen-bond donors (Lipinski definition) is 3. The first-order valence-electron chi connectivity index (χ1n) is 6.08. The van der Waals surface area contributed by atoms with Crippen LogP contribution in [-0.4, -0.2) is 37.5 Å². The van der Waals surface area contributed by atoms with Gasteiger partial charge in [0, 0.05) is 17.1 Å². The van der Waals surface area contributed by atoms with E-state index in [9.17, 15) is 18.3 Å². The lowest BCUT2D eigenvalue weighted by Crippen LogP contribution is -2.19. The van der Waals surface area contributed by atoms with Gasteiger partial charge in [0.2, 0.25) is 10.0 Å². The minimum absolute atomic E-state index is 0.133. The highest BCUT2D eigenvalue weighted by atomic mass is 32.2. The molecule has 0 fully saturated rings. The lowest BCUT2D eigenvalue weighted by molar-refractivity contribution is 0.0694. The minimum Gasteiger partial charge on any atom is -0.478 e. The second-order valence-corrected chi connectivity index (χ2v) is 7.10. The highest BCUT2D eigenvalue weighted by Gasteiger charge is 2.15. The van der Waals surface area contributed by atoms with Gasteiger partial charge < -0.3 is 10.4 Å². The molecule has 0 saturated heterocycles. The monoisotopic (exact) mass is 318 g/mol. The molecule has 0 aliphatic heterocycles. The van der Waals surface area contributed by atoms with Gasteiger partial charge in [-0.3, -0.25) is 0 Å². The van der Waals surface area contributed by atoms with Gasteiger partial charge in [-0.05, 0) is 24.3 Å². The van der Waals surface area contributed by atoms with Gasteiger partial charge in [0.1, 0.15) is 0 Å². The van der Waals surface area contributed by atoms with Gasteiger partial charge in [-0.25, -0.2) is 18.4 Å². The third kappa shape index (κ3) is 5.40. The number of carbonyl (C=O) groups is 1. The first-order chi connectivity index (χ1) is 9.35. The van der Waals surface area contributed by atoms with E-state index in [1.807, 2.05) is 6.92 Å². The zero-order valence-corrected chi connectivity index (χ0v) is 12.8. The molecule has 0 spiro atoms. The minimum atomic E-state index is -3.48. The number of rotatable bonds is 8. The average molecular weight is 318 g/mol. The van der Waals surface area contributed by atoms with E-state index in [2.05, 4.69) is 5.32 Å². The van der Waals surface area contributed by atoms with Crippen LogP contribution >= 0.6 is 11.8 Å². The Hall–Kier alpha value is -1.25. The molecule has 0 atom stereocenters. The molecule has 0 aliphatic rings. The summed E-state index contributed by atoms with van der Waals surface area (Å²) in [6.45, 7) is 2.29. The van der Waals surface area contributed by atoms with E-state index in [0.29, 0.717) is 23.5 Å². The van der Waals surface area contributed by atoms with Crippen LogP contribution in [0.25, 0.3) is 0 Å². The largest absolute Gasteiger partial charge is 0.478 e. The third-order valence-electron chi connectivity index (χ3n) is 2.46. The number of nitrogens with two attached hydrogens (primary N) is 1. The Bertz CT molecular complexity index is 573. The number of benzene rings is 1. The molecule has 1 aromatic rings. The molecule has 0 heterocycles. The molecule has 0 aromatic heterocycles. The number of hydrogen-bond acceptors (Lipinski definition) is 5. The zero-order chi connectivity index (χ0) is 15.2. The van der Waals surface area contributed by atoms with Crippen molar-refractivity contribution in [1.29, 1.82) is 0 Å². The van der Waals surface area contributed by atoms with E-state index in [1.165, 1.54) is 11.8 Å². The standard InChI is InChI=1S/C12H18N2O4S2/c1-2-19-10-6-3-5-9(11(10)12(15)16)14-7-4-8-20(13,17)18/h3,5-6,14H,2,4,7-8H2,1H3,(H,15,16)(H2,13,17,18). The molecule has 112 valence electrons. The van der Waals surface area contributed by atoms with Crippen LogP contribution in [0.15, 0.2) is 23.1 Å². The molecule has 1 aromatic carbocycles. The van der Waals surface area contributed by atoms with Crippen molar-refractivity contribution in [3.8, 4) is 0 Å². The Morgan fingerprint density at radius 2 is 2.15 bits per heavy atom. The van der Waals surface area contributed by atoms with Crippen LogP contribution in [0.4, 0.5) is 5.69 Å². The van der Waals surface area contributed by atoms with E-state index in [-0.39, 0.29) is 11.3 Å². The topological polar surface area (TPSA) is 109 Å². The highest BCUT2D eigenvalue weighted by molar-refractivity contribution is 7.99. The normalized spacial score (nSPS) is 11.3. The summed E-state index contributed by atoms with van der Waals surface area (Å²) >= 11 is 1.45. The molecule has 0 bridgehead atoms. The molecule has 20 heavy (non-hydrogen) atoms. The lowest BCUT2D eigenvalue weighted by atomic mass is 10.1. The first-order valence-corrected chi connectivity index (χ1v) is 8.78. The van der Waals surface area contributed by atoms with Gasteiger partial charge in [-0.2, -0.15) is 0 Å². The van der Waals surface area contributed by atoms with Crippen molar-refractivity contribution >= 4 is 33.4 Å². The Balaban J connectivity index is 2.79. The van der Waals surface area contributed by atoms with Crippen LogP contribution < -0.4 is 10.5 Å². The fourth-order valence-electron chi connectivity index (χ4n) is 1.67. The van der Waals surface area contributed by atoms with Crippen LogP contribution in [0.3, 0.4) is 0 Å². The van der Waals surface area contributed by atoms with Crippen molar-refractivity contribution < 1.29 is 18.3 Å². The number of anilines is 1. The molecular weight excluding hydrogens is 300 g/mol. The summed E-state index contributed by atoms with van der Waals surface area (Å²) in [5.41, 5.74) is 0.709. The van der Waals surface area contributed by atoms with Crippen molar-refractivity contribution in [3.05, 3.63) is 23.8 Å². The summed E-state index contributed by atoms with van der Waals surface area (Å²) in [6, 6.07) is 5.19. The number of sulfonamides is 1. The van der Waals surface area contributed by atoms with Gasteiger partial charge in [-0.1, -0.05) is 13.0 Å². The molecule has 0 unspecified atom stereocenters. The molecule has 6 nitrogen and oxygen atoms in total. The quantitative estimate of drug-likeness (QED) is 0.496. The summed E-state index contributed by atoms with van der Waals surface area (Å²) in [6.07, 6.45) is 0.322. The Kier molecular flexibility index (Phi) is 6.31. The zero-order valence-electron chi connectivity index (χ0n) is 11.1. The number of carboxylic acids is 1. The second-order valence-electron chi connectivity index (χ2n) is 4.06. The van der Waals surface area contributed by atoms with Crippen LogP contribution in [-0.2, 0) is 10.0 Å². The van der Waals surface area contributed by atoms with Crippen molar-refractivity contribution in [2.75, 3.05) is 23.4 Å². The van der Waals surface area contributed by atoms with Gasteiger partial charge in [-0.15, -0.1) is 11.8 Å². The lowest BCUT2D eigenvalue weighted by Gasteiger charge is -2.12. The average Bonchev–Trinajstić information content (AvgIpc) is 2.33. The maximum Gasteiger partial charge on any atom is 0.338 e. The van der Waals surface area contributed by atoms with E-state index in [1.54, 1.807) is 18.2 Å². The maximum atomic E-state index is 11.3. The molecule has 8 heteroatoms. The number of aromatic carboxylic acids is 1. The van der Waals surface area contributed by atoms with E-state index < -0.39 is 16.0 Å². The van der Waals surface area contributed by atoms with E-state index in [0.717, 1.165) is 5.75 Å². The molecule has 4 N–H and O–H groups in total. The van der Waals surface area contributed by atoms with Crippen molar-refractivity contribution in [2.24, 2.45) is 5.14 Å². The SMILES string of the molecule is CCSc1cccc(NCCCS(N)(=O)=O)c1C(=O)O. The Morgan fingerprint density at radius 3 is 2.70 bits per heavy atom. The molecule has 1 rings (SSSR count). The molecular formula is C12H18N2O4S2. The first kappa shape index (κ1) is 16.8. The Labute approximate surface area is 122 Å². The summed E-state index contributed by atoms with van der Waals surface area (Å²) in [5, 5.41) is 17.1. The third-order valence-corrected chi connectivity index (χ3v) is 4.26. The number of primary sulfonamides is 1. The summed E-state index contributed by atoms with van der Waals surface area (Å²) in [4.78, 5) is 12.0. The fourth-order valence-corrected chi connectivity index (χ4v) is 3.05. The van der Waals surface area contributed by atoms with Crippen molar-refractivity contribution in [3.63, 3.8) is 0 Å². The van der Waals surface area contributed by atoms with Gasteiger partial charge in [0.15, 0.2) is 0 Å². The predicted octanol–water partition coefficient (Wildman–Crippen LogP) is 1.59. The highest BCUT2D eigenvalue weighted by Crippen LogP contribution is 2.28. The smallest absolute Gasteiger partial charge is 0.338 e. The summed E-state index contributed by atoms with van der Waals surface area (Å²) in [5.74, 6) is -0.364. The van der Waals surface area contributed by atoms with Crippen molar-refractivity contribution in [2.45, 2.75) is 18.2 Å². The molecule has 0 aliphatic carbocycles.